The van der Waals surface area contributed by atoms with Crippen LogP contribution in [-0.2, 0) is 16.1 Å². The van der Waals surface area contributed by atoms with Gasteiger partial charge in [0, 0.05) is 51.2 Å². The van der Waals surface area contributed by atoms with E-state index in [0.29, 0.717) is 18.1 Å². The molecule has 0 spiro atoms. The van der Waals surface area contributed by atoms with E-state index in [0.717, 1.165) is 71.7 Å². The molecule has 2 saturated heterocycles. The molecule has 1 aliphatic carbocycles. The van der Waals surface area contributed by atoms with Crippen molar-refractivity contribution in [3.05, 3.63) is 12.7 Å². The number of carbonyl (C=O) groups excluding carboxylic acids is 1. The van der Waals surface area contributed by atoms with Gasteiger partial charge in [0.25, 0.3) is 0 Å². The molecule has 3 atom stereocenters. The normalized spacial score (nSPS) is 30.9. The average molecular weight is 348 g/mol. The smallest absolute Gasteiger partial charge is 0.225 e. The van der Waals surface area contributed by atoms with Gasteiger partial charge < -0.3 is 15.0 Å². The molecule has 25 heavy (non-hydrogen) atoms. The number of ether oxygens (including phenoxy) is 1. The minimum Gasteiger partial charge on any atom is -0.375 e. The van der Waals surface area contributed by atoms with E-state index in [-0.39, 0.29) is 5.92 Å². The van der Waals surface area contributed by atoms with Crippen LogP contribution >= 0.6 is 0 Å². The topological polar surface area (TPSA) is 75.5 Å². The molecule has 0 unspecified atom stereocenters. The molecule has 2 aliphatic heterocycles. The molecule has 4 rings (SSSR count). The van der Waals surface area contributed by atoms with Crippen LogP contribution in [0.3, 0.4) is 0 Å². The number of carbonyl (C=O) groups is 1. The third-order valence-corrected chi connectivity index (χ3v) is 5.77. The van der Waals surface area contributed by atoms with Gasteiger partial charge in [-0.25, -0.2) is 4.98 Å². The second-order valence-electron chi connectivity index (χ2n) is 7.31. The molecule has 0 radical (unpaired) electrons. The summed E-state index contributed by atoms with van der Waals surface area (Å²) in [6.07, 6.45) is 6.53. The van der Waals surface area contributed by atoms with Gasteiger partial charge in [-0.2, -0.15) is 5.10 Å². The number of hydrogen-bond donors (Lipinski definition) is 1. The van der Waals surface area contributed by atoms with Crippen LogP contribution in [0, 0.1) is 5.92 Å². The maximum atomic E-state index is 12.9. The summed E-state index contributed by atoms with van der Waals surface area (Å²) in [5.74, 6) is 0.513. The fourth-order valence-electron chi connectivity index (χ4n) is 4.28. The molecule has 1 aromatic heterocycles. The van der Waals surface area contributed by atoms with Gasteiger partial charge in [-0.05, 0) is 19.3 Å². The Hall–Kier alpha value is -1.51. The summed E-state index contributed by atoms with van der Waals surface area (Å²) in [5.41, 5.74) is 0. The van der Waals surface area contributed by atoms with Crippen molar-refractivity contribution >= 4 is 5.91 Å². The van der Waals surface area contributed by atoms with Crippen molar-refractivity contribution in [2.24, 2.45) is 5.92 Å². The van der Waals surface area contributed by atoms with E-state index < -0.39 is 0 Å². The van der Waals surface area contributed by atoms with Crippen LogP contribution in [0.2, 0.25) is 0 Å². The molecular weight excluding hydrogens is 320 g/mol. The molecule has 8 heteroatoms. The molecule has 3 fully saturated rings. The Morgan fingerprint density at radius 3 is 2.88 bits per heavy atom. The lowest BCUT2D eigenvalue weighted by atomic mass is 9.82. The van der Waals surface area contributed by atoms with Gasteiger partial charge in [-0.15, -0.1) is 0 Å². The average Bonchev–Trinajstić information content (AvgIpc) is 3.19. The lowest BCUT2D eigenvalue weighted by molar-refractivity contribution is -0.140. The van der Waals surface area contributed by atoms with Crippen molar-refractivity contribution in [3.8, 4) is 0 Å². The Morgan fingerprint density at radius 2 is 2.08 bits per heavy atom. The zero-order valence-electron chi connectivity index (χ0n) is 14.7. The van der Waals surface area contributed by atoms with Crippen LogP contribution in [0.15, 0.2) is 12.7 Å². The summed E-state index contributed by atoms with van der Waals surface area (Å²) < 4.78 is 7.68. The monoisotopic (exact) mass is 348 g/mol. The summed E-state index contributed by atoms with van der Waals surface area (Å²) >= 11 is 0. The van der Waals surface area contributed by atoms with Crippen molar-refractivity contribution in [1.82, 2.24) is 29.9 Å². The van der Waals surface area contributed by atoms with Gasteiger partial charge in [-0.3, -0.25) is 14.4 Å². The van der Waals surface area contributed by atoms with Crippen molar-refractivity contribution in [1.29, 1.82) is 0 Å². The summed E-state index contributed by atoms with van der Waals surface area (Å²) in [5, 5.41) is 7.66. The number of rotatable bonds is 4. The first-order valence-electron chi connectivity index (χ1n) is 9.48. The van der Waals surface area contributed by atoms with Crippen molar-refractivity contribution in [2.45, 2.75) is 38.0 Å². The summed E-state index contributed by atoms with van der Waals surface area (Å²) in [6, 6.07) is 0.361. The van der Waals surface area contributed by atoms with Crippen molar-refractivity contribution in [3.63, 3.8) is 0 Å². The zero-order valence-corrected chi connectivity index (χ0v) is 14.7. The fourth-order valence-corrected chi connectivity index (χ4v) is 4.28. The number of fused-ring (bicyclic) bond motifs is 1. The lowest BCUT2D eigenvalue weighted by Gasteiger charge is -2.42. The third-order valence-electron chi connectivity index (χ3n) is 5.77. The summed E-state index contributed by atoms with van der Waals surface area (Å²) in [7, 11) is 0. The molecule has 1 N–H and O–H groups in total. The quantitative estimate of drug-likeness (QED) is 0.797. The highest BCUT2D eigenvalue weighted by Crippen LogP contribution is 2.29. The fraction of sp³-hybridized carbons (Fsp3) is 0.824. The summed E-state index contributed by atoms with van der Waals surface area (Å²) in [4.78, 5) is 21.3. The number of piperazine rings is 1. The number of amides is 1. The Labute approximate surface area is 148 Å². The van der Waals surface area contributed by atoms with Crippen molar-refractivity contribution < 1.29 is 9.53 Å². The molecule has 3 heterocycles. The van der Waals surface area contributed by atoms with Crippen LogP contribution in [0.1, 0.15) is 19.3 Å². The van der Waals surface area contributed by atoms with E-state index in [9.17, 15) is 4.79 Å². The second-order valence-corrected chi connectivity index (χ2v) is 7.31. The molecule has 138 valence electrons. The number of aromatic nitrogens is 3. The Bertz CT molecular complexity index is 557. The molecule has 8 nitrogen and oxygen atoms in total. The van der Waals surface area contributed by atoms with Crippen LogP contribution in [0.5, 0.6) is 0 Å². The van der Waals surface area contributed by atoms with Gasteiger partial charge >= 0.3 is 0 Å². The summed E-state index contributed by atoms with van der Waals surface area (Å²) in [6.45, 7) is 7.09. The lowest BCUT2D eigenvalue weighted by Crippen LogP contribution is -2.55. The van der Waals surface area contributed by atoms with Crippen LogP contribution < -0.4 is 5.32 Å². The first-order chi connectivity index (χ1) is 12.3. The van der Waals surface area contributed by atoms with E-state index in [2.05, 4.69) is 25.2 Å². The molecule has 1 aromatic rings. The molecule has 0 bridgehead atoms. The standard InChI is InChI=1S/C17H28N6O2/c24-17(14-1-2-16-15(11-14)19-3-10-25-16)22-7-4-21(5-8-22)6-9-23-13-18-12-20-23/h12-16,19H,1-11H2/t14-,15+,16+/m0/s1. The second kappa shape index (κ2) is 7.80. The van der Waals surface area contributed by atoms with E-state index in [1.807, 2.05) is 4.68 Å². The number of hydrogen-bond acceptors (Lipinski definition) is 6. The SMILES string of the molecule is O=C([C@H]1CC[C@H]2OCCN[C@@H]2C1)N1CCN(CCn2cncn2)CC1. The predicted molar refractivity (Wildman–Crippen MR) is 91.9 cm³/mol. The first kappa shape index (κ1) is 16.9. The van der Waals surface area contributed by atoms with Gasteiger partial charge in [0.05, 0.1) is 19.3 Å². The highest BCUT2D eigenvalue weighted by Gasteiger charge is 2.37. The molecular formula is C17H28N6O2. The first-order valence-corrected chi connectivity index (χ1v) is 9.48. The third kappa shape index (κ3) is 4.02. The van der Waals surface area contributed by atoms with Gasteiger partial charge in [0.15, 0.2) is 0 Å². The zero-order chi connectivity index (χ0) is 17.1. The highest BCUT2D eigenvalue weighted by atomic mass is 16.5. The van der Waals surface area contributed by atoms with E-state index in [1.165, 1.54) is 0 Å². The largest absolute Gasteiger partial charge is 0.375 e. The van der Waals surface area contributed by atoms with Crippen LogP contribution in [-0.4, -0.2) is 88.5 Å². The minimum absolute atomic E-state index is 0.164. The van der Waals surface area contributed by atoms with Crippen molar-refractivity contribution in [2.75, 3.05) is 45.9 Å². The molecule has 0 aromatic carbocycles. The number of nitrogens with zero attached hydrogens (tertiary/aromatic N) is 5. The highest BCUT2D eigenvalue weighted by molar-refractivity contribution is 5.79. The minimum atomic E-state index is 0.164. The van der Waals surface area contributed by atoms with E-state index in [4.69, 9.17) is 4.74 Å². The Kier molecular flexibility index (Phi) is 5.28. The molecule has 1 saturated carbocycles. The van der Waals surface area contributed by atoms with Crippen LogP contribution in [0.4, 0.5) is 0 Å². The maximum Gasteiger partial charge on any atom is 0.225 e. The van der Waals surface area contributed by atoms with E-state index >= 15 is 0 Å². The number of morpholine rings is 1. The van der Waals surface area contributed by atoms with Gasteiger partial charge in [-0.1, -0.05) is 0 Å². The Balaban J connectivity index is 1.22. The van der Waals surface area contributed by atoms with Crippen LogP contribution in [0.25, 0.3) is 0 Å². The Morgan fingerprint density at radius 1 is 1.20 bits per heavy atom. The van der Waals surface area contributed by atoms with Gasteiger partial charge in [0.1, 0.15) is 12.7 Å². The maximum absolute atomic E-state index is 12.9. The predicted octanol–water partition coefficient (Wildman–Crippen LogP) is -0.421. The van der Waals surface area contributed by atoms with Gasteiger partial charge in [0.2, 0.25) is 5.91 Å². The molecule has 1 amide bonds. The molecule has 3 aliphatic rings. The number of nitrogens with one attached hydrogen (secondary N) is 1. The van der Waals surface area contributed by atoms with E-state index in [1.54, 1.807) is 12.7 Å².